The second-order valence-corrected chi connectivity index (χ2v) is 3.30. The standard InChI is InChI=1S/C8H6BrN3O/c9-8-6-11(13)10-12(8)7-4-2-1-3-5-7/h1-6H. The third kappa shape index (κ3) is 1.55. The van der Waals surface area contributed by atoms with Crippen LogP contribution in [-0.4, -0.2) is 9.90 Å². The van der Waals surface area contributed by atoms with Crippen LogP contribution in [0, 0.1) is 5.21 Å². The summed E-state index contributed by atoms with van der Waals surface area (Å²) in [7, 11) is 0. The van der Waals surface area contributed by atoms with Crippen LogP contribution >= 0.6 is 15.9 Å². The van der Waals surface area contributed by atoms with Crippen molar-refractivity contribution in [1.82, 2.24) is 9.90 Å². The molecule has 0 atom stereocenters. The molecule has 0 radical (unpaired) electrons. The lowest BCUT2D eigenvalue weighted by Gasteiger charge is -1.92. The lowest BCUT2D eigenvalue weighted by Crippen LogP contribution is -2.27. The van der Waals surface area contributed by atoms with Gasteiger partial charge in [0.15, 0.2) is 11.9 Å². The van der Waals surface area contributed by atoms with Crippen molar-refractivity contribution in [2.75, 3.05) is 0 Å². The lowest BCUT2D eigenvalue weighted by atomic mass is 10.3. The van der Waals surface area contributed by atoms with Gasteiger partial charge < -0.3 is 5.21 Å². The number of aromatic nitrogens is 3. The van der Waals surface area contributed by atoms with Crippen molar-refractivity contribution in [2.24, 2.45) is 0 Å². The van der Waals surface area contributed by atoms with Gasteiger partial charge in [0.2, 0.25) is 4.60 Å². The fourth-order valence-corrected chi connectivity index (χ4v) is 1.50. The molecule has 2 aromatic rings. The Balaban J connectivity index is 2.53. The summed E-state index contributed by atoms with van der Waals surface area (Å²) in [5.74, 6) is 0. The van der Waals surface area contributed by atoms with E-state index in [9.17, 15) is 5.21 Å². The molecule has 0 aliphatic heterocycles. The zero-order chi connectivity index (χ0) is 9.26. The first-order valence-electron chi connectivity index (χ1n) is 3.68. The van der Waals surface area contributed by atoms with Crippen LogP contribution in [0.15, 0.2) is 41.1 Å². The molecule has 0 fully saturated rings. The predicted octanol–water partition coefficient (Wildman–Crippen LogP) is 1.27. The van der Waals surface area contributed by atoms with E-state index < -0.39 is 0 Å². The zero-order valence-electron chi connectivity index (χ0n) is 6.59. The largest absolute Gasteiger partial charge is 0.691 e. The molecule has 1 heterocycles. The molecule has 1 aromatic carbocycles. The van der Waals surface area contributed by atoms with Crippen LogP contribution in [0.3, 0.4) is 0 Å². The number of halogens is 1. The summed E-state index contributed by atoms with van der Waals surface area (Å²) in [6.45, 7) is 0. The van der Waals surface area contributed by atoms with Crippen molar-refractivity contribution in [3.8, 4) is 5.69 Å². The van der Waals surface area contributed by atoms with Crippen LogP contribution in [0.2, 0.25) is 0 Å². The van der Waals surface area contributed by atoms with E-state index in [-0.39, 0.29) is 0 Å². The number of nitrogens with zero attached hydrogens (tertiary/aromatic N) is 3. The van der Waals surface area contributed by atoms with Gasteiger partial charge in [-0.1, -0.05) is 22.9 Å². The number of benzene rings is 1. The molecule has 0 spiro atoms. The van der Waals surface area contributed by atoms with E-state index in [1.165, 1.54) is 10.9 Å². The quantitative estimate of drug-likeness (QED) is 0.556. The highest BCUT2D eigenvalue weighted by Crippen LogP contribution is 2.12. The Hall–Kier alpha value is -1.36. The Morgan fingerprint density at radius 2 is 2.00 bits per heavy atom. The molecule has 0 bridgehead atoms. The Labute approximate surface area is 83.1 Å². The van der Waals surface area contributed by atoms with E-state index in [0.29, 0.717) is 9.45 Å². The molecule has 2 rings (SSSR count). The second kappa shape index (κ2) is 3.18. The fraction of sp³-hybridized carbons (Fsp3) is 0. The van der Waals surface area contributed by atoms with Crippen LogP contribution in [0.4, 0.5) is 0 Å². The summed E-state index contributed by atoms with van der Waals surface area (Å²) in [5, 5.41) is 14.6. The Bertz CT molecular complexity index is 413. The maximum absolute atomic E-state index is 10.8. The molecule has 4 nitrogen and oxygen atoms in total. The minimum absolute atomic E-state index is 0.511. The van der Waals surface area contributed by atoms with Crippen molar-refractivity contribution in [1.29, 1.82) is 0 Å². The average molecular weight is 240 g/mol. The minimum Gasteiger partial charge on any atom is -0.691 e. The monoisotopic (exact) mass is 239 g/mol. The van der Waals surface area contributed by atoms with Gasteiger partial charge in [-0.3, -0.25) is 0 Å². The number of hydrogen-bond acceptors (Lipinski definition) is 2. The van der Waals surface area contributed by atoms with E-state index >= 15 is 0 Å². The van der Waals surface area contributed by atoms with Crippen LogP contribution < -0.4 is 4.85 Å². The van der Waals surface area contributed by atoms with Gasteiger partial charge in [0, 0.05) is 15.9 Å². The molecule has 0 aliphatic rings. The van der Waals surface area contributed by atoms with E-state index in [0.717, 1.165) is 5.69 Å². The molecule has 0 unspecified atom stereocenters. The third-order valence-electron chi connectivity index (χ3n) is 1.60. The minimum atomic E-state index is 0.511. The van der Waals surface area contributed by atoms with Gasteiger partial charge >= 0.3 is 0 Å². The Kier molecular flexibility index (Phi) is 2.02. The second-order valence-electron chi connectivity index (χ2n) is 2.49. The van der Waals surface area contributed by atoms with Gasteiger partial charge in [0.25, 0.3) is 0 Å². The smallest absolute Gasteiger partial charge is 0.239 e. The SMILES string of the molecule is [O-][n+]1cc(Br)n(-c2ccccc2)n1. The third-order valence-corrected chi connectivity index (χ3v) is 2.14. The predicted molar refractivity (Wildman–Crippen MR) is 50.2 cm³/mol. The first-order valence-corrected chi connectivity index (χ1v) is 4.47. The molecule has 66 valence electrons. The van der Waals surface area contributed by atoms with E-state index in [4.69, 9.17) is 0 Å². The first kappa shape index (κ1) is 8.25. The first-order chi connectivity index (χ1) is 6.27. The molecule has 0 N–H and O–H groups in total. The van der Waals surface area contributed by atoms with Crippen LogP contribution in [0.25, 0.3) is 5.69 Å². The lowest BCUT2D eigenvalue weighted by molar-refractivity contribution is -0.670. The molecule has 0 saturated heterocycles. The maximum atomic E-state index is 10.8. The highest BCUT2D eigenvalue weighted by atomic mass is 79.9. The van der Waals surface area contributed by atoms with E-state index in [2.05, 4.69) is 21.1 Å². The van der Waals surface area contributed by atoms with Crippen LogP contribution in [-0.2, 0) is 0 Å². The fourth-order valence-electron chi connectivity index (χ4n) is 1.05. The number of para-hydroxylation sites is 1. The molecule has 0 amide bonds. The topological polar surface area (TPSA) is 44.8 Å². The van der Waals surface area contributed by atoms with Crippen molar-refractivity contribution in [3.63, 3.8) is 0 Å². The molecule has 0 aliphatic carbocycles. The van der Waals surface area contributed by atoms with Gasteiger partial charge in [-0.05, 0) is 12.1 Å². The van der Waals surface area contributed by atoms with E-state index in [1.807, 2.05) is 30.3 Å². The summed E-state index contributed by atoms with van der Waals surface area (Å²) < 4.78 is 2.15. The highest BCUT2D eigenvalue weighted by Gasteiger charge is 2.11. The molecule has 5 heteroatoms. The molecule has 1 aromatic heterocycles. The van der Waals surface area contributed by atoms with Gasteiger partial charge in [-0.15, -0.1) is 4.85 Å². The summed E-state index contributed by atoms with van der Waals surface area (Å²) in [6, 6.07) is 9.43. The number of hydrogen-bond donors (Lipinski definition) is 0. The van der Waals surface area contributed by atoms with Gasteiger partial charge in [0.05, 0.1) is 0 Å². The molecule has 13 heavy (non-hydrogen) atoms. The highest BCUT2D eigenvalue weighted by molar-refractivity contribution is 9.10. The summed E-state index contributed by atoms with van der Waals surface area (Å²) in [5.41, 5.74) is 0.851. The van der Waals surface area contributed by atoms with Crippen molar-refractivity contribution in [2.45, 2.75) is 0 Å². The number of rotatable bonds is 1. The summed E-state index contributed by atoms with van der Waals surface area (Å²) >= 11 is 3.23. The Morgan fingerprint density at radius 3 is 2.54 bits per heavy atom. The van der Waals surface area contributed by atoms with Crippen molar-refractivity contribution >= 4 is 15.9 Å². The molecular formula is C8H6BrN3O. The van der Waals surface area contributed by atoms with Crippen molar-refractivity contribution < 1.29 is 4.85 Å². The molecule has 0 saturated carbocycles. The van der Waals surface area contributed by atoms with Gasteiger partial charge in [-0.2, -0.15) is 0 Å². The normalized spacial score (nSPS) is 10.2. The van der Waals surface area contributed by atoms with Gasteiger partial charge in [-0.25, -0.2) is 0 Å². The summed E-state index contributed by atoms with van der Waals surface area (Å²) in [4.78, 5) is 0.511. The van der Waals surface area contributed by atoms with E-state index in [1.54, 1.807) is 0 Å². The van der Waals surface area contributed by atoms with Gasteiger partial charge in [0.1, 0.15) is 5.21 Å². The van der Waals surface area contributed by atoms with Crippen LogP contribution in [0.1, 0.15) is 0 Å². The summed E-state index contributed by atoms with van der Waals surface area (Å²) in [6.07, 6.45) is 1.35. The zero-order valence-corrected chi connectivity index (χ0v) is 8.18. The average Bonchev–Trinajstić information content (AvgIpc) is 2.47. The van der Waals surface area contributed by atoms with Crippen molar-refractivity contribution in [3.05, 3.63) is 46.3 Å². The Morgan fingerprint density at radius 1 is 1.31 bits per heavy atom. The molecular weight excluding hydrogens is 234 g/mol. The van der Waals surface area contributed by atoms with Crippen LogP contribution in [0.5, 0.6) is 0 Å². The maximum Gasteiger partial charge on any atom is 0.239 e.